The molecule has 3 aliphatic heterocycles. The second-order valence-corrected chi connectivity index (χ2v) is 11.2. The van der Waals surface area contributed by atoms with Crippen LogP contribution in [-0.2, 0) is 18.4 Å². The van der Waals surface area contributed by atoms with E-state index in [1.54, 1.807) is 0 Å². The summed E-state index contributed by atoms with van der Waals surface area (Å²) in [6.45, 7) is 5.66. The lowest BCUT2D eigenvalue weighted by Gasteiger charge is -2.37. The zero-order valence-electron chi connectivity index (χ0n) is 20.7. The number of aromatic nitrogens is 1. The third-order valence-corrected chi connectivity index (χ3v) is 8.52. The topological polar surface area (TPSA) is 71.9 Å². The normalized spacial score (nSPS) is 23.1. The number of fused-ring (bicyclic) bond motifs is 3. The number of aliphatic hydroxyl groups is 1. The lowest BCUT2D eigenvalue weighted by molar-refractivity contribution is 0.0459. The Morgan fingerprint density at radius 1 is 1.14 bits per heavy atom. The molecule has 0 radical (unpaired) electrons. The van der Waals surface area contributed by atoms with Crippen LogP contribution in [0.4, 0.5) is 5.82 Å². The van der Waals surface area contributed by atoms with Crippen LogP contribution in [0.25, 0.3) is 0 Å². The molecule has 7 nitrogen and oxygen atoms in total. The van der Waals surface area contributed by atoms with Gasteiger partial charge in [0.05, 0.1) is 6.10 Å². The van der Waals surface area contributed by atoms with Gasteiger partial charge in [0.2, 0.25) is 0 Å². The van der Waals surface area contributed by atoms with Crippen molar-refractivity contribution in [3.05, 3.63) is 58.8 Å². The molecule has 4 heterocycles. The lowest BCUT2D eigenvalue weighted by Crippen LogP contribution is -2.49. The van der Waals surface area contributed by atoms with Gasteiger partial charge in [-0.05, 0) is 75.0 Å². The molecular formula is C28H37N5O2. The smallest absolute Gasteiger partial charge is 0.254 e. The van der Waals surface area contributed by atoms with Crippen molar-refractivity contribution in [3.63, 3.8) is 0 Å². The Kier molecular flexibility index (Phi) is 6.03. The molecule has 1 atom stereocenters. The highest BCUT2D eigenvalue weighted by molar-refractivity contribution is 5.98. The maximum absolute atomic E-state index is 13.6. The summed E-state index contributed by atoms with van der Waals surface area (Å²) in [5.74, 6) is 0.839. The van der Waals surface area contributed by atoms with Crippen molar-refractivity contribution in [3.8, 4) is 0 Å². The summed E-state index contributed by atoms with van der Waals surface area (Å²) in [6, 6.07) is 10.9. The van der Waals surface area contributed by atoms with Crippen molar-refractivity contribution in [2.24, 2.45) is 0 Å². The number of piperidine rings is 1. The van der Waals surface area contributed by atoms with Crippen molar-refractivity contribution < 1.29 is 9.90 Å². The number of amides is 1. The van der Waals surface area contributed by atoms with Gasteiger partial charge in [-0.2, -0.15) is 0 Å². The Balaban J connectivity index is 1.12. The number of benzene rings is 1. The minimum absolute atomic E-state index is 0.0338. The number of carbonyl (C=O) groups is 1. The average Bonchev–Trinajstić information content (AvgIpc) is 3.63. The second-order valence-electron chi connectivity index (χ2n) is 11.2. The molecule has 1 unspecified atom stereocenters. The van der Waals surface area contributed by atoms with Gasteiger partial charge in [-0.15, -0.1) is 0 Å². The predicted octanol–water partition coefficient (Wildman–Crippen LogP) is 2.49. The van der Waals surface area contributed by atoms with E-state index in [-0.39, 0.29) is 11.3 Å². The van der Waals surface area contributed by atoms with Crippen molar-refractivity contribution in [1.29, 1.82) is 0 Å². The summed E-state index contributed by atoms with van der Waals surface area (Å²) in [4.78, 5) is 24.8. The SMILES string of the molecule is CN1CCC(Nc2cc3c(cn2)C2(CC2)CN(CC(O)CN2CCc4ccccc4C2)C3=O)CC1. The van der Waals surface area contributed by atoms with E-state index in [2.05, 4.69) is 46.4 Å². The molecule has 2 N–H and O–H groups in total. The average molecular weight is 476 g/mol. The van der Waals surface area contributed by atoms with E-state index in [9.17, 15) is 9.90 Å². The van der Waals surface area contributed by atoms with Gasteiger partial charge >= 0.3 is 0 Å². The third-order valence-electron chi connectivity index (χ3n) is 8.52. The zero-order chi connectivity index (χ0) is 24.0. The van der Waals surface area contributed by atoms with Crippen LogP contribution in [0.1, 0.15) is 52.7 Å². The van der Waals surface area contributed by atoms with Gasteiger partial charge in [0.25, 0.3) is 5.91 Å². The number of hydrogen-bond acceptors (Lipinski definition) is 6. The number of likely N-dealkylation sites (tertiary alicyclic amines) is 1. The van der Waals surface area contributed by atoms with Gasteiger partial charge in [0.1, 0.15) is 5.82 Å². The lowest BCUT2D eigenvalue weighted by atomic mass is 9.87. The van der Waals surface area contributed by atoms with Crippen molar-refractivity contribution >= 4 is 11.7 Å². The van der Waals surface area contributed by atoms with E-state index in [1.807, 2.05) is 17.2 Å². The van der Waals surface area contributed by atoms with Gasteiger partial charge in [0.15, 0.2) is 0 Å². The first-order valence-electron chi connectivity index (χ1n) is 13.2. The number of hydrogen-bond donors (Lipinski definition) is 2. The number of anilines is 1. The van der Waals surface area contributed by atoms with Gasteiger partial charge < -0.3 is 20.2 Å². The molecular weight excluding hydrogens is 438 g/mol. The molecule has 35 heavy (non-hydrogen) atoms. The molecule has 2 aromatic rings. The number of nitrogens with zero attached hydrogens (tertiary/aromatic N) is 4. The number of nitrogens with one attached hydrogen (secondary N) is 1. The standard InChI is InChI=1S/C28H37N5O2/c1-31-11-7-22(8-12-31)30-26-14-24-25(15-29-26)28(9-10-28)19-33(27(24)35)18-23(34)17-32-13-6-20-4-2-3-5-21(20)16-32/h2-5,14-15,22-23,34H,6-13,16-19H2,1H3,(H,29,30). The Bertz CT molecular complexity index is 1090. The molecule has 2 fully saturated rings. The van der Waals surface area contributed by atoms with E-state index < -0.39 is 6.10 Å². The zero-order valence-corrected chi connectivity index (χ0v) is 20.7. The first-order valence-corrected chi connectivity index (χ1v) is 13.2. The van der Waals surface area contributed by atoms with Gasteiger partial charge in [-0.1, -0.05) is 24.3 Å². The fraction of sp³-hybridized carbons (Fsp3) is 0.571. The van der Waals surface area contributed by atoms with E-state index in [0.717, 1.165) is 75.2 Å². The third kappa shape index (κ3) is 4.69. The van der Waals surface area contributed by atoms with Crippen LogP contribution < -0.4 is 5.32 Å². The number of carbonyl (C=O) groups excluding carboxylic acids is 1. The van der Waals surface area contributed by atoms with Crippen molar-refractivity contribution in [1.82, 2.24) is 19.7 Å². The van der Waals surface area contributed by atoms with Crippen molar-refractivity contribution in [2.45, 2.75) is 56.2 Å². The van der Waals surface area contributed by atoms with Crippen LogP contribution in [0, 0.1) is 0 Å². The van der Waals surface area contributed by atoms with Gasteiger partial charge in [0, 0.05) is 55.9 Å². The highest BCUT2D eigenvalue weighted by atomic mass is 16.3. The van der Waals surface area contributed by atoms with E-state index in [4.69, 9.17) is 4.98 Å². The van der Waals surface area contributed by atoms with Gasteiger partial charge in [-0.3, -0.25) is 9.69 Å². The molecule has 1 saturated carbocycles. The highest BCUT2D eigenvalue weighted by Gasteiger charge is 2.52. The van der Waals surface area contributed by atoms with E-state index in [0.29, 0.717) is 25.7 Å². The summed E-state index contributed by atoms with van der Waals surface area (Å²) in [5, 5.41) is 14.6. The number of rotatable bonds is 6. The van der Waals surface area contributed by atoms with Crippen LogP contribution in [0.15, 0.2) is 36.5 Å². The minimum Gasteiger partial charge on any atom is -0.390 e. The minimum atomic E-state index is -0.555. The van der Waals surface area contributed by atoms with Crippen LogP contribution in [0.3, 0.4) is 0 Å². The summed E-state index contributed by atoms with van der Waals surface area (Å²) < 4.78 is 0. The molecule has 0 bridgehead atoms. The monoisotopic (exact) mass is 475 g/mol. The van der Waals surface area contributed by atoms with E-state index >= 15 is 0 Å². The van der Waals surface area contributed by atoms with Crippen LogP contribution >= 0.6 is 0 Å². The number of aliphatic hydroxyl groups excluding tert-OH is 1. The molecule has 7 heteroatoms. The number of pyridine rings is 1. The molecule has 1 amide bonds. The molecule has 1 aliphatic carbocycles. The molecule has 1 aromatic heterocycles. The van der Waals surface area contributed by atoms with E-state index in [1.165, 1.54) is 11.1 Å². The fourth-order valence-corrected chi connectivity index (χ4v) is 6.23. The summed E-state index contributed by atoms with van der Waals surface area (Å²) in [6.07, 6.45) is 6.76. The Morgan fingerprint density at radius 2 is 1.91 bits per heavy atom. The maximum atomic E-state index is 13.6. The first kappa shape index (κ1) is 23.0. The molecule has 1 saturated heterocycles. The molecule has 4 aliphatic rings. The molecule has 6 rings (SSSR count). The van der Waals surface area contributed by atoms with Gasteiger partial charge in [-0.25, -0.2) is 4.98 Å². The molecule has 1 aromatic carbocycles. The second kappa shape index (κ2) is 9.19. The van der Waals surface area contributed by atoms with Crippen LogP contribution in [0.5, 0.6) is 0 Å². The van der Waals surface area contributed by atoms with Crippen LogP contribution in [0.2, 0.25) is 0 Å². The van der Waals surface area contributed by atoms with Crippen molar-refractivity contribution in [2.75, 3.05) is 51.6 Å². The first-order chi connectivity index (χ1) is 17.0. The number of β-amino-alcohol motifs (C(OH)–C–C–N with tert-alkyl or cyclic N) is 1. The molecule has 186 valence electrons. The summed E-state index contributed by atoms with van der Waals surface area (Å²) in [7, 11) is 2.16. The fourth-order valence-electron chi connectivity index (χ4n) is 6.23. The summed E-state index contributed by atoms with van der Waals surface area (Å²) >= 11 is 0. The predicted molar refractivity (Wildman–Crippen MR) is 137 cm³/mol. The Labute approximate surface area is 208 Å². The maximum Gasteiger partial charge on any atom is 0.254 e. The Morgan fingerprint density at radius 3 is 2.69 bits per heavy atom. The van der Waals surface area contributed by atoms with Crippen LogP contribution in [-0.4, -0.2) is 89.2 Å². The molecule has 1 spiro atoms. The largest absolute Gasteiger partial charge is 0.390 e. The highest BCUT2D eigenvalue weighted by Crippen LogP contribution is 2.52. The Hall–Kier alpha value is -2.48. The quantitative estimate of drug-likeness (QED) is 0.669. The summed E-state index contributed by atoms with van der Waals surface area (Å²) in [5.41, 5.74) is 4.68.